The number of benzene rings is 1. The first-order valence-corrected chi connectivity index (χ1v) is 7.34. The van der Waals surface area contributed by atoms with Gasteiger partial charge in [0.15, 0.2) is 0 Å². The minimum atomic E-state index is 0.196. The standard InChI is InChI=1S/C16H23N3O2/c1-12(2)19(9-4-10-20)11-15-17-18-16(21-15)14-7-5-13(3)6-8-14/h5-8,12,20H,4,9-11H2,1-3H3. The molecular formula is C16H23N3O2. The second kappa shape index (κ2) is 7.33. The Morgan fingerprint density at radius 2 is 1.90 bits per heavy atom. The molecule has 0 radical (unpaired) electrons. The van der Waals surface area contributed by atoms with Crippen LogP contribution in [-0.2, 0) is 6.54 Å². The van der Waals surface area contributed by atoms with E-state index in [1.54, 1.807) is 0 Å². The highest BCUT2D eigenvalue weighted by atomic mass is 16.4. The molecule has 0 aliphatic rings. The number of hydrogen-bond donors (Lipinski definition) is 1. The van der Waals surface area contributed by atoms with Crippen LogP contribution in [0.4, 0.5) is 0 Å². The number of aliphatic hydroxyl groups is 1. The Hall–Kier alpha value is -1.72. The van der Waals surface area contributed by atoms with E-state index >= 15 is 0 Å². The number of rotatable bonds is 7. The van der Waals surface area contributed by atoms with Gasteiger partial charge in [-0.2, -0.15) is 0 Å². The van der Waals surface area contributed by atoms with E-state index in [0.717, 1.165) is 18.5 Å². The van der Waals surface area contributed by atoms with Gasteiger partial charge in [0, 0.05) is 24.8 Å². The Labute approximate surface area is 125 Å². The maximum Gasteiger partial charge on any atom is 0.247 e. The van der Waals surface area contributed by atoms with Crippen molar-refractivity contribution in [1.29, 1.82) is 0 Å². The number of nitrogens with zero attached hydrogens (tertiary/aromatic N) is 3. The fourth-order valence-corrected chi connectivity index (χ4v) is 2.10. The van der Waals surface area contributed by atoms with Crippen LogP contribution in [0, 0.1) is 6.92 Å². The summed E-state index contributed by atoms with van der Waals surface area (Å²) in [6.07, 6.45) is 0.747. The lowest BCUT2D eigenvalue weighted by Gasteiger charge is -2.24. The van der Waals surface area contributed by atoms with Crippen LogP contribution in [0.25, 0.3) is 11.5 Å². The lowest BCUT2D eigenvalue weighted by molar-refractivity contribution is 0.171. The predicted octanol–water partition coefficient (Wildman–Crippen LogP) is 2.64. The van der Waals surface area contributed by atoms with Crippen molar-refractivity contribution in [3.63, 3.8) is 0 Å². The van der Waals surface area contributed by atoms with Gasteiger partial charge in [-0.15, -0.1) is 10.2 Å². The highest BCUT2D eigenvalue weighted by Gasteiger charge is 2.15. The van der Waals surface area contributed by atoms with Crippen LogP contribution >= 0.6 is 0 Å². The molecule has 0 aliphatic carbocycles. The molecule has 0 amide bonds. The maximum atomic E-state index is 8.96. The molecule has 0 bridgehead atoms. The minimum absolute atomic E-state index is 0.196. The largest absolute Gasteiger partial charge is 0.419 e. The number of aliphatic hydroxyl groups excluding tert-OH is 1. The van der Waals surface area contributed by atoms with Crippen molar-refractivity contribution in [2.45, 2.75) is 39.8 Å². The van der Waals surface area contributed by atoms with Gasteiger partial charge in [-0.1, -0.05) is 17.7 Å². The molecular weight excluding hydrogens is 266 g/mol. The van der Waals surface area contributed by atoms with Crippen LogP contribution < -0.4 is 0 Å². The van der Waals surface area contributed by atoms with Gasteiger partial charge in [-0.3, -0.25) is 4.90 Å². The molecule has 0 unspecified atom stereocenters. The molecule has 0 spiro atoms. The summed E-state index contributed by atoms with van der Waals surface area (Å²) in [5, 5.41) is 17.2. The lowest BCUT2D eigenvalue weighted by atomic mass is 10.1. The fourth-order valence-electron chi connectivity index (χ4n) is 2.10. The molecule has 0 fully saturated rings. The summed E-state index contributed by atoms with van der Waals surface area (Å²) in [4.78, 5) is 2.21. The van der Waals surface area contributed by atoms with E-state index < -0.39 is 0 Å². The fraction of sp³-hybridized carbons (Fsp3) is 0.500. The SMILES string of the molecule is Cc1ccc(-c2nnc(CN(CCCO)C(C)C)o2)cc1. The van der Waals surface area contributed by atoms with E-state index in [1.807, 2.05) is 31.2 Å². The molecule has 21 heavy (non-hydrogen) atoms. The molecule has 1 heterocycles. The summed E-state index contributed by atoms with van der Waals surface area (Å²) in [6, 6.07) is 8.39. The molecule has 5 nitrogen and oxygen atoms in total. The molecule has 0 saturated heterocycles. The third-order valence-electron chi connectivity index (χ3n) is 3.44. The van der Waals surface area contributed by atoms with E-state index in [1.165, 1.54) is 5.56 Å². The second-order valence-corrected chi connectivity index (χ2v) is 5.51. The molecule has 1 N–H and O–H groups in total. The lowest BCUT2D eigenvalue weighted by Crippen LogP contribution is -2.31. The number of aryl methyl sites for hydroxylation is 1. The van der Waals surface area contributed by atoms with E-state index in [2.05, 4.69) is 28.9 Å². The average molecular weight is 289 g/mol. The zero-order chi connectivity index (χ0) is 15.2. The summed E-state index contributed by atoms with van der Waals surface area (Å²) < 4.78 is 5.74. The van der Waals surface area contributed by atoms with Crippen LogP contribution in [-0.4, -0.2) is 39.4 Å². The minimum Gasteiger partial charge on any atom is -0.419 e. The highest BCUT2D eigenvalue weighted by Crippen LogP contribution is 2.19. The van der Waals surface area contributed by atoms with Crippen LogP contribution in [0.15, 0.2) is 28.7 Å². The topological polar surface area (TPSA) is 62.4 Å². The Morgan fingerprint density at radius 1 is 1.19 bits per heavy atom. The molecule has 2 aromatic rings. The Kier molecular flexibility index (Phi) is 5.47. The molecule has 2 rings (SSSR count). The predicted molar refractivity (Wildman–Crippen MR) is 81.7 cm³/mol. The van der Waals surface area contributed by atoms with E-state index in [0.29, 0.717) is 24.4 Å². The zero-order valence-corrected chi connectivity index (χ0v) is 12.9. The van der Waals surface area contributed by atoms with Gasteiger partial charge < -0.3 is 9.52 Å². The summed E-state index contributed by atoms with van der Waals surface area (Å²) in [6.45, 7) is 7.91. The summed E-state index contributed by atoms with van der Waals surface area (Å²) in [5.74, 6) is 1.16. The van der Waals surface area contributed by atoms with Crippen LogP contribution in [0.1, 0.15) is 31.7 Å². The smallest absolute Gasteiger partial charge is 0.247 e. The van der Waals surface area contributed by atoms with Gasteiger partial charge >= 0.3 is 0 Å². The highest BCUT2D eigenvalue weighted by molar-refractivity contribution is 5.52. The first kappa shape index (κ1) is 15.7. The molecule has 5 heteroatoms. The van der Waals surface area contributed by atoms with Crippen molar-refractivity contribution in [3.05, 3.63) is 35.7 Å². The van der Waals surface area contributed by atoms with Gasteiger partial charge in [-0.25, -0.2) is 0 Å². The molecule has 0 atom stereocenters. The van der Waals surface area contributed by atoms with Gasteiger partial charge in [-0.05, 0) is 39.3 Å². The van der Waals surface area contributed by atoms with Crippen LogP contribution in [0.5, 0.6) is 0 Å². The maximum absolute atomic E-state index is 8.96. The summed E-state index contributed by atoms with van der Waals surface area (Å²) in [5.41, 5.74) is 2.14. The Bertz CT molecular complexity index is 549. The van der Waals surface area contributed by atoms with Gasteiger partial charge in [0.25, 0.3) is 0 Å². The van der Waals surface area contributed by atoms with E-state index in [4.69, 9.17) is 9.52 Å². The Morgan fingerprint density at radius 3 is 2.52 bits per heavy atom. The van der Waals surface area contributed by atoms with Gasteiger partial charge in [0.2, 0.25) is 11.8 Å². The van der Waals surface area contributed by atoms with Crippen molar-refractivity contribution in [1.82, 2.24) is 15.1 Å². The van der Waals surface area contributed by atoms with Gasteiger partial charge in [0.1, 0.15) is 0 Å². The van der Waals surface area contributed by atoms with E-state index in [-0.39, 0.29) is 6.61 Å². The van der Waals surface area contributed by atoms with Crippen molar-refractivity contribution in [2.75, 3.05) is 13.2 Å². The molecule has 114 valence electrons. The number of aromatic nitrogens is 2. The summed E-state index contributed by atoms with van der Waals surface area (Å²) in [7, 11) is 0. The van der Waals surface area contributed by atoms with Crippen LogP contribution in [0.3, 0.4) is 0 Å². The molecule has 0 aliphatic heterocycles. The average Bonchev–Trinajstić information content (AvgIpc) is 2.92. The van der Waals surface area contributed by atoms with Crippen molar-refractivity contribution >= 4 is 0 Å². The van der Waals surface area contributed by atoms with Gasteiger partial charge in [0.05, 0.1) is 6.54 Å². The molecule has 1 aromatic carbocycles. The van der Waals surface area contributed by atoms with Crippen molar-refractivity contribution < 1.29 is 9.52 Å². The summed E-state index contributed by atoms with van der Waals surface area (Å²) >= 11 is 0. The number of hydrogen-bond acceptors (Lipinski definition) is 5. The first-order valence-electron chi connectivity index (χ1n) is 7.34. The van der Waals surface area contributed by atoms with Crippen LogP contribution in [0.2, 0.25) is 0 Å². The molecule has 1 aromatic heterocycles. The normalized spacial score (nSPS) is 11.5. The Balaban J connectivity index is 2.06. The monoisotopic (exact) mass is 289 g/mol. The van der Waals surface area contributed by atoms with Crippen molar-refractivity contribution in [3.8, 4) is 11.5 Å². The second-order valence-electron chi connectivity index (χ2n) is 5.51. The third kappa shape index (κ3) is 4.37. The first-order chi connectivity index (χ1) is 10.1. The third-order valence-corrected chi connectivity index (χ3v) is 3.44. The zero-order valence-electron chi connectivity index (χ0n) is 12.9. The quantitative estimate of drug-likeness (QED) is 0.849. The van der Waals surface area contributed by atoms with E-state index in [9.17, 15) is 0 Å². The molecule has 0 saturated carbocycles. The van der Waals surface area contributed by atoms with Crippen molar-refractivity contribution in [2.24, 2.45) is 0 Å².